The average molecular weight is 247 g/mol. The van der Waals surface area contributed by atoms with Crippen molar-refractivity contribution in [2.75, 3.05) is 20.2 Å². The smallest absolute Gasteiger partial charge is 0.122 e. The summed E-state index contributed by atoms with van der Waals surface area (Å²) in [6, 6.07) is 6.69. The highest BCUT2D eigenvalue weighted by Crippen LogP contribution is 2.31. The molecule has 0 spiro atoms. The van der Waals surface area contributed by atoms with E-state index in [4.69, 9.17) is 4.74 Å². The third-order valence-electron chi connectivity index (χ3n) is 4.25. The fourth-order valence-electron chi connectivity index (χ4n) is 2.94. The van der Waals surface area contributed by atoms with E-state index in [1.807, 2.05) is 0 Å². The van der Waals surface area contributed by atoms with Crippen LogP contribution in [0.4, 0.5) is 0 Å². The van der Waals surface area contributed by atoms with Crippen molar-refractivity contribution in [1.29, 1.82) is 0 Å². The van der Waals surface area contributed by atoms with Crippen LogP contribution in [0, 0.1) is 5.92 Å². The zero-order valence-electron chi connectivity index (χ0n) is 11.8. The summed E-state index contributed by atoms with van der Waals surface area (Å²) in [7, 11) is 1.75. The van der Waals surface area contributed by atoms with E-state index in [0.717, 1.165) is 24.6 Å². The number of benzene rings is 1. The first-order chi connectivity index (χ1) is 8.76. The van der Waals surface area contributed by atoms with Crippen molar-refractivity contribution < 1.29 is 4.74 Å². The molecule has 1 aliphatic rings. The van der Waals surface area contributed by atoms with Crippen LogP contribution in [0.2, 0.25) is 0 Å². The van der Waals surface area contributed by atoms with Gasteiger partial charge in [0.2, 0.25) is 0 Å². The minimum atomic E-state index is 0.633. The van der Waals surface area contributed by atoms with Crippen LogP contribution in [0.5, 0.6) is 5.75 Å². The van der Waals surface area contributed by atoms with Gasteiger partial charge in [0.25, 0.3) is 0 Å². The van der Waals surface area contributed by atoms with Gasteiger partial charge in [0.1, 0.15) is 5.75 Å². The fourth-order valence-corrected chi connectivity index (χ4v) is 2.94. The summed E-state index contributed by atoms with van der Waals surface area (Å²) in [5.74, 6) is 2.43. The number of piperidine rings is 1. The third-order valence-corrected chi connectivity index (χ3v) is 4.25. The van der Waals surface area contributed by atoms with Gasteiger partial charge in [-0.1, -0.05) is 26.0 Å². The quantitative estimate of drug-likeness (QED) is 0.881. The standard InChI is InChI=1S/C16H25NO/c1-4-13-10-14(7-8-16(13)18-3)12(2)15-6-5-9-17-11-15/h7-8,10,12,15,17H,4-6,9,11H2,1-3H3. The first-order valence-corrected chi connectivity index (χ1v) is 7.13. The third kappa shape index (κ3) is 2.86. The van der Waals surface area contributed by atoms with Crippen LogP contribution in [0.3, 0.4) is 0 Å². The Morgan fingerprint density at radius 3 is 2.89 bits per heavy atom. The highest BCUT2D eigenvalue weighted by molar-refractivity contribution is 5.38. The van der Waals surface area contributed by atoms with Gasteiger partial charge in [-0.15, -0.1) is 0 Å². The molecule has 0 radical (unpaired) electrons. The number of hydrogen-bond donors (Lipinski definition) is 1. The van der Waals surface area contributed by atoms with Crippen molar-refractivity contribution in [3.8, 4) is 5.75 Å². The summed E-state index contributed by atoms with van der Waals surface area (Å²) >= 11 is 0. The van der Waals surface area contributed by atoms with Crippen molar-refractivity contribution in [2.24, 2.45) is 5.92 Å². The average Bonchev–Trinajstić information content (AvgIpc) is 2.46. The zero-order chi connectivity index (χ0) is 13.0. The predicted octanol–water partition coefficient (Wildman–Crippen LogP) is 3.36. The fraction of sp³-hybridized carbons (Fsp3) is 0.625. The molecule has 2 atom stereocenters. The summed E-state index contributed by atoms with van der Waals surface area (Å²) in [4.78, 5) is 0. The van der Waals surface area contributed by atoms with Gasteiger partial charge >= 0.3 is 0 Å². The summed E-state index contributed by atoms with van der Waals surface area (Å²) in [6.45, 7) is 6.90. The van der Waals surface area contributed by atoms with Crippen LogP contribution < -0.4 is 10.1 Å². The van der Waals surface area contributed by atoms with Gasteiger partial charge in [-0.05, 0) is 61.4 Å². The van der Waals surface area contributed by atoms with E-state index in [1.54, 1.807) is 7.11 Å². The largest absolute Gasteiger partial charge is 0.496 e. The van der Waals surface area contributed by atoms with Crippen molar-refractivity contribution >= 4 is 0 Å². The molecule has 0 saturated carbocycles. The first kappa shape index (κ1) is 13.4. The second-order valence-corrected chi connectivity index (χ2v) is 5.32. The maximum Gasteiger partial charge on any atom is 0.122 e. The number of ether oxygens (including phenoxy) is 1. The maximum absolute atomic E-state index is 5.40. The van der Waals surface area contributed by atoms with Crippen molar-refractivity contribution in [1.82, 2.24) is 5.32 Å². The highest BCUT2D eigenvalue weighted by atomic mass is 16.5. The van der Waals surface area contributed by atoms with Gasteiger partial charge in [-0.25, -0.2) is 0 Å². The Balaban J connectivity index is 2.16. The summed E-state index contributed by atoms with van der Waals surface area (Å²) in [5, 5.41) is 3.51. The molecular formula is C16H25NO. The van der Waals surface area contributed by atoms with E-state index in [2.05, 4.69) is 37.4 Å². The molecule has 1 heterocycles. The van der Waals surface area contributed by atoms with E-state index in [9.17, 15) is 0 Å². The van der Waals surface area contributed by atoms with Crippen LogP contribution in [0.1, 0.15) is 43.7 Å². The van der Waals surface area contributed by atoms with Crippen molar-refractivity contribution in [3.05, 3.63) is 29.3 Å². The molecule has 0 bridgehead atoms. The van der Waals surface area contributed by atoms with Gasteiger partial charge in [0, 0.05) is 0 Å². The molecule has 18 heavy (non-hydrogen) atoms. The van der Waals surface area contributed by atoms with Gasteiger partial charge in [0.15, 0.2) is 0 Å². The summed E-state index contributed by atoms with van der Waals surface area (Å²) in [5.41, 5.74) is 2.78. The molecule has 2 unspecified atom stereocenters. The Morgan fingerprint density at radius 1 is 1.44 bits per heavy atom. The van der Waals surface area contributed by atoms with Gasteiger partial charge < -0.3 is 10.1 Å². The number of aryl methyl sites for hydroxylation is 1. The van der Waals surface area contributed by atoms with Crippen LogP contribution >= 0.6 is 0 Å². The molecule has 0 aliphatic carbocycles. The Morgan fingerprint density at radius 2 is 2.28 bits per heavy atom. The number of methoxy groups -OCH3 is 1. The lowest BCUT2D eigenvalue weighted by molar-refractivity contribution is 0.334. The van der Waals surface area contributed by atoms with Crippen molar-refractivity contribution in [2.45, 2.75) is 39.0 Å². The van der Waals surface area contributed by atoms with E-state index < -0.39 is 0 Å². The molecular weight excluding hydrogens is 222 g/mol. The Hall–Kier alpha value is -1.02. The zero-order valence-corrected chi connectivity index (χ0v) is 11.8. The molecule has 100 valence electrons. The van der Waals surface area contributed by atoms with E-state index in [1.165, 1.54) is 30.5 Å². The number of nitrogens with one attached hydrogen (secondary N) is 1. The van der Waals surface area contributed by atoms with Gasteiger partial charge in [0.05, 0.1) is 7.11 Å². The van der Waals surface area contributed by atoms with Crippen LogP contribution in [0.25, 0.3) is 0 Å². The van der Waals surface area contributed by atoms with Gasteiger partial charge in [-0.3, -0.25) is 0 Å². The van der Waals surface area contributed by atoms with E-state index in [0.29, 0.717) is 5.92 Å². The second kappa shape index (κ2) is 6.24. The Kier molecular flexibility index (Phi) is 4.65. The molecule has 2 heteroatoms. The summed E-state index contributed by atoms with van der Waals surface area (Å²) < 4.78 is 5.40. The molecule has 0 aromatic heterocycles. The highest BCUT2D eigenvalue weighted by Gasteiger charge is 2.21. The van der Waals surface area contributed by atoms with E-state index >= 15 is 0 Å². The molecule has 2 nitrogen and oxygen atoms in total. The SMILES string of the molecule is CCc1cc(C(C)C2CCCNC2)ccc1OC. The minimum absolute atomic E-state index is 0.633. The molecule has 1 N–H and O–H groups in total. The van der Waals surface area contributed by atoms with Gasteiger partial charge in [-0.2, -0.15) is 0 Å². The maximum atomic E-state index is 5.40. The molecule has 2 rings (SSSR count). The molecule has 1 fully saturated rings. The monoisotopic (exact) mass is 247 g/mol. The van der Waals surface area contributed by atoms with Crippen LogP contribution in [0.15, 0.2) is 18.2 Å². The molecule has 1 aliphatic heterocycles. The minimum Gasteiger partial charge on any atom is -0.496 e. The van der Waals surface area contributed by atoms with E-state index in [-0.39, 0.29) is 0 Å². The van der Waals surface area contributed by atoms with Crippen LogP contribution in [-0.2, 0) is 6.42 Å². The first-order valence-electron chi connectivity index (χ1n) is 7.13. The molecule has 1 saturated heterocycles. The Labute approximate surface area is 111 Å². The van der Waals surface area contributed by atoms with Crippen LogP contribution in [-0.4, -0.2) is 20.2 Å². The number of hydrogen-bond acceptors (Lipinski definition) is 2. The predicted molar refractivity (Wildman–Crippen MR) is 76.4 cm³/mol. The second-order valence-electron chi connectivity index (χ2n) is 5.32. The lowest BCUT2D eigenvalue weighted by atomic mass is 9.82. The lowest BCUT2D eigenvalue weighted by Crippen LogP contribution is -2.32. The summed E-state index contributed by atoms with van der Waals surface area (Å²) in [6.07, 6.45) is 3.69. The topological polar surface area (TPSA) is 21.3 Å². The molecule has 1 aromatic rings. The normalized spacial score (nSPS) is 21.6. The Bertz CT molecular complexity index is 383. The lowest BCUT2D eigenvalue weighted by Gasteiger charge is -2.29. The number of rotatable bonds is 4. The molecule has 0 amide bonds. The molecule has 1 aromatic carbocycles. The van der Waals surface area contributed by atoms with Crippen molar-refractivity contribution in [3.63, 3.8) is 0 Å².